The van der Waals surface area contributed by atoms with Crippen LogP contribution in [0.25, 0.3) is 0 Å². The molecule has 0 saturated carbocycles. The molecule has 0 radical (unpaired) electrons. The molecule has 52 heavy (non-hydrogen) atoms. The fraction of sp³-hybridized carbons (Fsp3) is 0.211. The van der Waals surface area contributed by atoms with E-state index in [0.717, 1.165) is 21.5 Å². The molecule has 0 N–H and O–H groups in total. The number of carbonyl (C=O) groups excluding carboxylic acids is 4. The van der Waals surface area contributed by atoms with E-state index in [9.17, 15) is 19.2 Å². The van der Waals surface area contributed by atoms with Gasteiger partial charge in [0.2, 0.25) is 0 Å². The summed E-state index contributed by atoms with van der Waals surface area (Å²) in [6, 6.07) is 24.2. The Kier molecular flexibility index (Phi) is 12.3. The summed E-state index contributed by atoms with van der Waals surface area (Å²) in [5, 5.41) is 9.26. The van der Waals surface area contributed by atoms with Crippen LogP contribution < -0.4 is 0 Å². The maximum absolute atomic E-state index is 12.2. The molecule has 4 aromatic rings. The Bertz CT molecular complexity index is 2050. The van der Waals surface area contributed by atoms with Gasteiger partial charge in [0.15, 0.2) is 0 Å². The summed E-state index contributed by atoms with van der Waals surface area (Å²) in [5.74, 6) is 3.76. The lowest BCUT2D eigenvalue weighted by molar-refractivity contribution is -0.0918. The number of imide groups is 2. The van der Waals surface area contributed by atoms with Gasteiger partial charge in [0.05, 0.1) is 40.2 Å². The van der Waals surface area contributed by atoms with E-state index in [2.05, 4.69) is 32.1 Å². The minimum atomic E-state index is -0.487. The van der Waals surface area contributed by atoms with Gasteiger partial charge in [0, 0.05) is 5.69 Å². The van der Waals surface area contributed by atoms with Crippen LogP contribution in [0.4, 0.5) is 0 Å². The second kappa shape index (κ2) is 17.4. The summed E-state index contributed by atoms with van der Waals surface area (Å²) in [6.45, 7) is 3.71. The van der Waals surface area contributed by atoms with Crippen LogP contribution in [-0.4, -0.2) is 82.6 Å². The predicted molar refractivity (Wildman–Crippen MR) is 188 cm³/mol. The number of fused-ring (bicyclic) bond motifs is 2. The van der Waals surface area contributed by atoms with Gasteiger partial charge in [-0.2, -0.15) is 0 Å². The number of oxime groups is 2. The Morgan fingerprint density at radius 3 is 1.63 bits per heavy atom. The van der Waals surface area contributed by atoms with Crippen LogP contribution in [0.15, 0.2) is 95.2 Å². The molecular formula is C38H34N6O8. The molecule has 4 heterocycles. The van der Waals surface area contributed by atoms with Crippen molar-refractivity contribution in [2.75, 3.05) is 27.4 Å². The first-order chi connectivity index (χ1) is 25.2. The van der Waals surface area contributed by atoms with Crippen LogP contribution >= 0.6 is 0 Å². The minimum absolute atomic E-state index is 0.123. The first-order valence-electron chi connectivity index (χ1n) is 16.0. The lowest BCUT2D eigenvalue weighted by atomic mass is 10.1. The van der Waals surface area contributed by atoms with Gasteiger partial charge in [-0.25, -0.2) is 9.82 Å². The van der Waals surface area contributed by atoms with Gasteiger partial charge in [0.25, 0.3) is 23.6 Å². The molecule has 2 aliphatic heterocycles. The Morgan fingerprint density at radius 1 is 0.635 bits per heavy atom. The number of benzene rings is 2. The van der Waals surface area contributed by atoms with Crippen molar-refractivity contribution < 1.29 is 38.5 Å². The standard InChI is InChI=1S/C19H19N3O4.C19H15N3O4/c2*1-13(21-25-2)17-11-5-7-14(20-17)8-6-12-26-22-18(23)15-9-3-4-10-16(15)19(22)24/h3-5,7,9-11H,6,8,12H2,1-2H3;3-5,7,9-11H,12H2,1-2H3/b2*21-13+. The van der Waals surface area contributed by atoms with E-state index in [4.69, 9.17) is 19.4 Å². The summed E-state index contributed by atoms with van der Waals surface area (Å²) in [7, 11) is 2.95. The number of hydrogen-bond acceptors (Lipinski definition) is 12. The van der Waals surface area contributed by atoms with Crippen LogP contribution in [0.3, 0.4) is 0 Å². The highest BCUT2D eigenvalue weighted by Gasteiger charge is 2.37. The topological polar surface area (TPSA) is 162 Å². The number of rotatable bonds is 11. The van der Waals surface area contributed by atoms with Crippen molar-refractivity contribution in [1.29, 1.82) is 0 Å². The van der Waals surface area contributed by atoms with E-state index in [0.29, 0.717) is 57.9 Å². The molecule has 264 valence electrons. The van der Waals surface area contributed by atoms with Gasteiger partial charge in [-0.1, -0.05) is 52.6 Å². The van der Waals surface area contributed by atoms with Crippen LogP contribution in [0.2, 0.25) is 0 Å². The summed E-state index contributed by atoms with van der Waals surface area (Å²) in [5.41, 5.74) is 5.49. The molecule has 14 heteroatoms. The van der Waals surface area contributed by atoms with Crippen molar-refractivity contribution in [1.82, 2.24) is 20.1 Å². The first kappa shape index (κ1) is 36.7. The number of hydrogen-bond donors (Lipinski definition) is 0. The summed E-state index contributed by atoms with van der Waals surface area (Å²) in [4.78, 5) is 77.7. The number of nitrogens with zero attached hydrogens (tertiary/aromatic N) is 6. The van der Waals surface area contributed by atoms with Gasteiger partial charge in [0.1, 0.15) is 37.9 Å². The van der Waals surface area contributed by atoms with E-state index >= 15 is 0 Å². The molecule has 0 unspecified atom stereocenters. The quantitative estimate of drug-likeness (QED) is 0.0708. The summed E-state index contributed by atoms with van der Waals surface area (Å²) in [6.07, 6.45) is 1.27. The number of carbonyl (C=O) groups is 4. The molecule has 2 aromatic heterocycles. The van der Waals surface area contributed by atoms with Crippen molar-refractivity contribution in [2.45, 2.75) is 26.7 Å². The smallest absolute Gasteiger partial charge is 0.285 e. The van der Waals surface area contributed by atoms with Gasteiger partial charge < -0.3 is 9.68 Å². The molecule has 0 atom stereocenters. The molecule has 0 bridgehead atoms. The number of amides is 4. The van der Waals surface area contributed by atoms with Crippen molar-refractivity contribution in [3.8, 4) is 11.8 Å². The number of pyridine rings is 2. The maximum atomic E-state index is 12.2. The zero-order valence-electron chi connectivity index (χ0n) is 28.9. The van der Waals surface area contributed by atoms with Gasteiger partial charge in [-0.05, 0) is 81.1 Å². The largest absolute Gasteiger partial charge is 0.399 e. The van der Waals surface area contributed by atoms with E-state index < -0.39 is 23.6 Å². The third-order valence-corrected chi connectivity index (χ3v) is 7.55. The van der Waals surface area contributed by atoms with Crippen LogP contribution in [0.5, 0.6) is 0 Å². The number of aryl methyl sites for hydroxylation is 1. The molecule has 0 fully saturated rings. The molecule has 2 aliphatic rings. The normalized spacial score (nSPS) is 13.6. The summed E-state index contributed by atoms with van der Waals surface area (Å²) >= 11 is 0. The molecule has 0 saturated heterocycles. The van der Waals surface area contributed by atoms with Crippen LogP contribution in [0, 0.1) is 11.8 Å². The average molecular weight is 703 g/mol. The third kappa shape index (κ3) is 8.59. The Labute approximate surface area is 299 Å². The highest BCUT2D eigenvalue weighted by atomic mass is 16.7. The molecule has 0 spiro atoms. The highest BCUT2D eigenvalue weighted by Crippen LogP contribution is 2.23. The Morgan fingerprint density at radius 2 is 1.12 bits per heavy atom. The zero-order valence-corrected chi connectivity index (χ0v) is 28.9. The number of hydroxylamine groups is 4. The molecular weight excluding hydrogens is 668 g/mol. The second-order valence-electron chi connectivity index (χ2n) is 11.1. The number of aromatic nitrogens is 2. The van der Waals surface area contributed by atoms with Crippen molar-refractivity contribution in [3.63, 3.8) is 0 Å². The van der Waals surface area contributed by atoms with Crippen LogP contribution in [-0.2, 0) is 25.8 Å². The minimum Gasteiger partial charge on any atom is -0.399 e. The molecule has 6 rings (SSSR count). The average Bonchev–Trinajstić information content (AvgIpc) is 3.56. The van der Waals surface area contributed by atoms with Gasteiger partial charge >= 0.3 is 0 Å². The van der Waals surface area contributed by atoms with Crippen molar-refractivity contribution in [2.24, 2.45) is 10.3 Å². The monoisotopic (exact) mass is 702 g/mol. The second-order valence-corrected chi connectivity index (χ2v) is 11.1. The molecule has 4 amide bonds. The van der Waals surface area contributed by atoms with E-state index in [-0.39, 0.29) is 13.2 Å². The zero-order chi connectivity index (χ0) is 37.0. The van der Waals surface area contributed by atoms with Crippen molar-refractivity contribution >= 4 is 35.1 Å². The molecule has 0 aliphatic carbocycles. The lowest BCUT2D eigenvalue weighted by Crippen LogP contribution is -2.30. The fourth-order valence-electron chi connectivity index (χ4n) is 5.09. The SMILES string of the molecule is CO/N=C(\C)c1cccc(C#CCON2C(=O)c3ccccc3C2=O)n1.CO/N=C(\C)c1cccc(CCCON2C(=O)c3ccccc3C2=O)n1. The highest BCUT2D eigenvalue weighted by molar-refractivity contribution is 6.21. The first-order valence-corrected chi connectivity index (χ1v) is 16.0. The predicted octanol–water partition coefficient (Wildman–Crippen LogP) is 4.64. The van der Waals surface area contributed by atoms with Gasteiger partial charge in [-0.15, -0.1) is 10.1 Å². The van der Waals surface area contributed by atoms with Crippen molar-refractivity contribution in [3.05, 3.63) is 130 Å². The summed E-state index contributed by atoms with van der Waals surface area (Å²) < 4.78 is 0. The van der Waals surface area contributed by atoms with E-state index in [1.54, 1.807) is 73.7 Å². The third-order valence-electron chi connectivity index (χ3n) is 7.55. The molecule has 14 nitrogen and oxygen atoms in total. The van der Waals surface area contributed by atoms with E-state index in [1.165, 1.54) is 14.2 Å². The lowest BCUT2D eigenvalue weighted by Gasteiger charge is -2.13. The Hall–Kier alpha value is -6.56. The van der Waals surface area contributed by atoms with Gasteiger partial charge in [-0.3, -0.25) is 29.0 Å². The van der Waals surface area contributed by atoms with E-state index in [1.807, 2.05) is 25.1 Å². The van der Waals surface area contributed by atoms with Crippen LogP contribution in [0.1, 0.15) is 84.5 Å². The maximum Gasteiger partial charge on any atom is 0.285 e. The fourth-order valence-corrected chi connectivity index (χ4v) is 5.09. The molecule has 2 aromatic carbocycles. The Balaban J connectivity index is 0.000000201.